The molecule has 1 atom stereocenters. The zero-order valence-corrected chi connectivity index (χ0v) is 20.1. The average molecular weight is 467 g/mol. The summed E-state index contributed by atoms with van der Waals surface area (Å²) in [6, 6.07) is 18.3. The highest BCUT2D eigenvalue weighted by Crippen LogP contribution is 2.25. The van der Waals surface area contributed by atoms with Crippen molar-refractivity contribution >= 4 is 22.5 Å². The van der Waals surface area contributed by atoms with E-state index >= 15 is 0 Å². The van der Waals surface area contributed by atoms with Crippen LogP contribution in [-0.4, -0.2) is 30.0 Å². The van der Waals surface area contributed by atoms with Crippen molar-refractivity contribution in [3.8, 4) is 11.5 Å². The van der Waals surface area contributed by atoms with Gasteiger partial charge >= 0.3 is 0 Å². The van der Waals surface area contributed by atoms with Crippen LogP contribution in [0.4, 0.5) is 5.69 Å². The van der Waals surface area contributed by atoms with Gasteiger partial charge in [-0.1, -0.05) is 24.3 Å². The third-order valence-corrected chi connectivity index (χ3v) is 6.25. The lowest BCUT2D eigenvalue weighted by Crippen LogP contribution is -2.34. The van der Waals surface area contributed by atoms with E-state index in [1.165, 1.54) is 4.68 Å². The fraction of sp³-hybridized carbons (Fsp3) is 0.185. The van der Waals surface area contributed by atoms with Gasteiger partial charge in [-0.3, -0.25) is 9.59 Å². The molecule has 0 aliphatic carbocycles. The van der Waals surface area contributed by atoms with Crippen molar-refractivity contribution in [1.82, 2.24) is 24.1 Å². The Morgan fingerprint density at radius 3 is 2.31 bits per heavy atom. The molecule has 0 aliphatic rings. The zero-order valence-electron chi connectivity index (χ0n) is 20.1. The third-order valence-electron chi connectivity index (χ3n) is 6.25. The fourth-order valence-corrected chi connectivity index (χ4v) is 4.13. The predicted molar refractivity (Wildman–Crippen MR) is 136 cm³/mol. The number of aromatic nitrogens is 5. The number of amides is 1. The number of carbonyl (C=O) groups is 1. The summed E-state index contributed by atoms with van der Waals surface area (Å²) in [5.41, 5.74) is 4.41. The van der Waals surface area contributed by atoms with Gasteiger partial charge in [-0.05, 0) is 75.2 Å². The predicted octanol–water partition coefficient (Wildman–Crippen LogP) is 4.50. The average Bonchev–Trinajstić information content (AvgIpc) is 3.52. The molecule has 2 aromatic carbocycles. The molecule has 0 saturated carbocycles. The molecule has 5 aromatic rings. The minimum absolute atomic E-state index is 0.320. The van der Waals surface area contributed by atoms with Gasteiger partial charge < -0.3 is 9.88 Å². The molecular weight excluding hydrogens is 440 g/mol. The summed E-state index contributed by atoms with van der Waals surface area (Å²) >= 11 is 0. The second kappa shape index (κ2) is 8.72. The van der Waals surface area contributed by atoms with Crippen molar-refractivity contribution in [2.24, 2.45) is 0 Å². The molecule has 8 heteroatoms. The Hall–Kier alpha value is -4.46. The largest absolute Gasteiger partial charge is 0.324 e. The molecule has 1 N–H and O–H groups in total. The summed E-state index contributed by atoms with van der Waals surface area (Å²) in [6.07, 6.45) is 3.73. The monoisotopic (exact) mass is 466 g/mol. The molecule has 0 radical (unpaired) electrons. The van der Waals surface area contributed by atoms with E-state index in [4.69, 9.17) is 5.10 Å². The number of fused-ring (bicyclic) bond motifs is 1. The number of anilines is 1. The Balaban J connectivity index is 1.64. The van der Waals surface area contributed by atoms with E-state index < -0.39 is 6.04 Å². The van der Waals surface area contributed by atoms with Crippen molar-refractivity contribution in [2.75, 3.05) is 5.32 Å². The van der Waals surface area contributed by atoms with Crippen LogP contribution in [0.15, 0.2) is 77.9 Å². The standard InChI is InChI=1S/C27H26N6O2/c1-17-12-13-21(16-18(17)2)28-25(34)20(4)32-27(35)23-24(19(3)29-32)30-33(22-10-6-5-7-11-22)26(23)31-14-8-9-15-31/h5-16,20H,1-4H3,(H,28,34). The number of nitrogens with zero attached hydrogens (tertiary/aromatic N) is 5. The second-order valence-electron chi connectivity index (χ2n) is 8.68. The van der Waals surface area contributed by atoms with Gasteiger partial charge in [0.05, 0.1) is 11.4 Å². The van der Waals surface area contributed by atoms with Crippen LogP contribution in [0.2, 0.25) is 0 Å². The molecule has 0 aliphatic heterocycles. The summed E-state index contributed by atoms with van der Waals surface area (Å²) < 4.78 is 4.84. The molecule has 1 unspecified atom stereocenters. The first-order chi connectivity index (χ1) is 16.8. The maximum atomic E-state index is 13.8. The first-order valence-electron chi connectivity index (χ1n) is 11.4. The Bertz CT molecular complexity index is 1600. The number of nitrogens with one attached hydrogen (secondary N) is 1. The number of rotatable bonds is 5. The first-order valence-corrected chi connectivity index (χ1v) is 11.4. The highest BCUT2D eigenvalue weighted by molar-refractivity contribution is 5.94. The van der Waals surface area contributed by atoms with Crippen LogP contribution in [0.1, 0.15) is 29.8 Å². The molecule has 5 rings (SSSR count). The Kier molecular flexibility index (Phi) is 5.56. The molecule has 0 spiro atoms. The number of benzene rings is 2. The molecule has 8 nitrogen and oxygen atoms in total. The van der Waals surface area contributed by atoms with Gasteiger partial charge in [0.25, 0.3) is 5.56 Å². The van der Waals surface area contributed by atoms with Gasteiger partial charge in [-0.25, -0.2) is 9.36 Å². The normalized spacial score (nSPS) is 12.1. The molecule has 0 bridgehead atoms. The molecular formula is C27H26N6O2. The van der Waals surface area contributed by atoms with E-state index in [-0.39, 0.29) is 11.5 Å². The summed E-state index contributed by atoms with van der Waals surface area (Å²) in [4.78, 5) is 26.9. The van der Waals surface area contributed by atoms with Crippen LogP contribution >= 0.6 is 0 Å². The van der Waals surface area contributed by atoms with E-state index in [1.807, 2.05) is 91.5 Å². The van der Waals surface area contributed by atoms with E-state index in [0.717, 1.165) is 16.8 Å². The Morgan fingerprint density at radius 2 is 1.63 bits per heavy atom. The molecule has 35 heavy (non-hydrogen) atoms. The lowest BCUT2D eigenvalue weighted by Gasteiger charge is -2.16. The van der Waals surface area contributed by atoms with Crippen molar-refractivity contribution in [2.45, 2.75) is 33.7 Å². The van der Waals surface area contributed by atoms with Crippen molar-refractivity contribution < 1.29 is 4.79 Å². The molecule has 3 aromatic heterocycles. The number of aryl methyl sites for hydroxylation is 3. The number of hydrogen-bond donors (Lipinski definition) is 1. The maximum absolute atomic E-state index is 13.8. The minimum atomic E-state index is -0.829. The highest BCUT2D eigenvalue weighted by atomic mass is 16.2. The van der Waals surface area contributed by atoms with Crippen LogP contribution in [-0.2, 0) is 4.79 Å². The number of para-hydroxylation sites is 1. The summed E-state index contributed by atoms with van der Waals surface area (Å²) in [5, 5.41) is 12.5. The number of carbonyl (C=O) groups excluding carboxylic acids is 1. The highest BCUT2D eigenvalue weighted by Gasteiger charge is 2.25. The van der Waals surface area contributed by atoms with Crippen LogP contribution < -0.4 is 10.9 Å². The van der Waals surface area contributed by atoms with Gasteiger partial charge in [0, 0.05) is 18.1 Å². The van der Waals surface area contributed by atoms with Crippen LogP contribution in [0, 0.1) is 20.8 Å². The molecule has 0 saturated heterocycles. The topological polar surface area (TPSA) is 86.7 Å². The quantitative estimate of drug-likeness (QED) is 0.413. The van der Waals surface area contributed by atoms with Crippen molar-refractivity contribution in [3.63, 3.8) is 0 Å². The van der Waals surface area contributed by atoms with Crippen molar-refractivity contribution in [3.05, 3.63) is 100 Å². The Labute approximate surface area is 202 Å². The fourth-order valence-electron chi connectivity index (χ4n) is 4.13. The maximum Gasteiger partial charge on any atom is 0.280 e. The smallest absolute Gasteiger partial charge is 0.280 e. The van der Waals surface area contributed by atoms with Crippen LogP contribution in [0.5, 0.6) is 0 Å². The summed E-state index contributed by atoms with van der Waals surface area (Å²) in [6.45, 7) is 7.48. The van der Waals surface area contributed by atoms with Gasteiger partial charge in [-0.15, -0.1) is 0 Å². The van der Waals surface area contributed by atoms with E-state index in [9.17, 15) is 9.59 Å². The number of hydrogen-bond acceptors (Lipinski definition) is 4. The van der Waals surface area contributed by atoms with E-state index in [1.54, 1.807) is 18.5 Å². The van der Waals surface area contributed by atoms with Crippen LogP contribution in [0.3, 0.4) is 0 Å². The molecule has 1 amide bonds. The van der Waals surface area contributed by atoms with E-state index in [0.29, 0.717) is 28.1 Å². The van der Waals surface area contributed by atoms with Gasteiger partial charge in [-0.2, -0.15) is 10.2 Å². The third kappa shape index (κ3) is 3.93. The molecule has 3 heterocycles. The van der Waals surface area contributed by atoms with Gasteiger partial charge in [0.2, 0.25) is 5.91 Å². The molecule has 176 valence electrons. The second-order valence-corrected chi connectivity index (χ2v) is 8.68. The summed E-state index contributed by atoms with van der Waals surface area (Å²) in [5.74, 6) is 0.279. The first kappa shape index (κ1) is 22.3. The van der Waals surface area contributed by atoms with Gasteiger partial charge in [0.15, 0.2) is 5.82 Å². The Morgan fingerprint density at radius 1 is 0.914 bits per heavy atom. The lowest BCUT2D eigenvalue weighted by atomic mass is 10.1. The van der Waals surface area contributed by atoms with Crippen LogP contribution in [0.25, 0.3) is 22.4 Å². The minimum Gasteiger partial charge on any atom is -0.324 e. The van der Waals surface area contributed by atoms with Gasteiger partial charge in [0.1, 0.15) is 16.9 Å². The van der Waals surface area contributed by atoms with E-state index in [2.05, 4.69) is 10.4 Å². The SMILES string of the molecule is Cc1ccc(NC(=O)C(C)n2nc(C)c3nn(-c4ccccc4)c(-n4cccc4)c3c2=O)cc1C. The lowest BCUT2D eigenvalue weighted by molar-refractivity contribution is -0.119. The summed E-state index contributed by atoms with van der Waals surface area (Å²) in [7, 11) is 0. The van der Waals surface area contributed by atoms with Crippen molar-refractivity contribution in [1.29, 1.82) is 0 Å². The molecule has 0 fully saturated rings. The zero-order chi connectivity index (χ0) is 24.7.